The lowest BCUT2D eigenvalue weighted by Gasteiger charge is -2.33. The fourth-order valence-corrected chi connectivity index (χ4v) is 1.81. The van der Waals surface area contributed by atoms with Gasteiger partial charge in [0.05, 0.1) is 0 Å². The minimum absolute atomic E-state index is 0.122. The highest BCUT2D eigenvalue weighted by molar-refractivity contribution is 5.62. The second kappa shape index (κ2) is 5.58. The van der Waals surface area contributed by atoms with E-state index >= 15 is 0 Å². The van der Waals surface area contributed by atoms with Gasteiger partial charge in [0, 0.05) is 5.56 Å². The van der Waals surface area contributed by atoms with Gasteiger partial charge in [0.25, 0.3) is 0 Å². The van der Waals surface area contributed by atoms with Crippen LogP contribution in [0.1, 0.15) is 38.8 Å². The van der Waals surface area contributed by atoms with E-state index in [4.69, 9.17) is 4.74 Å². The van der Waals surface area contributed by atoms with Crippen molar-refractivity contribution in [3.8, 4) is 0 Å². The van der Waals surface area contributed by atoms with Crippen LogP contribution in [0.3, 0.4) is 0 Å². The fraction of sp³-hybridized carbons (Fsp3) is 0.533. The molecule has 118 valence electrons. The Bertz CT molecular complexity index is 518. The van der Waals surface area contributed by atoms with Crippen molar-refractivity contribution in [3.63, 3.8) is 0 Å². The van der Waals surface area contributed by atoms with Gasteiger partial charge in [-0.1, -0.05) is 24.3 Å². The Morgan fingerprint density at radius 3 is 1.95 bits per heavy atom. The fourth-order valence-electron chi connectivity index (χ4n) is 1.81. The highest BCUT2D eigenvalue weighted by Crippen LogP contribution is 2.43. The first-order valence-electron chi connectivity index (χ1n) is 6.41. The number of hydrogen-bond donors (Lipinski definition) is 0. The van der Waals surface area contributed by atoms with E-state index in [1.807, 2.05) is 0 Å². The molecule has 1 aromatic rings. The monoisotopic (exact) mass is 304 g/mol. The third kappa shape index (κ3) is 4.12. The van der Waals surface area contributed by atoms with Gasteiger partial charge in [0.2, 0.25) is 5.60 Å². The average molecular weight is 304 g/mol. The number of ether oxygens (including phenoxy) is 2. The third-order valence-corrected chi connectivity index (χ3v) is 2.88. The molecule has 0 saturated carbocycles. The summed E-state index contributed by atoms with van der Waals surface area (Å²) in [6, 6.07) is 5.89. The summed E-state index contributed by atoms with van der Waals surface area (Å²) in [7, 11) is 0. The predicted octanol–water partition coefficient (Wildman–Crippen LogP) is 4.72. The molecule has 0 radical (unpaired) electrons. The number of hydrogen-bond acceptors (Lipinski definition) is 3. The van der Waals surface area contributed by atoms with Crippen LogP contribution in [0, 0.1) is 6.92 Å². The lowest BCUT2D eigenvalue weighted by Crippen LogP contribution is -2.45. The second-order valence-electron chi connectivity index (χ2n) is 5.91. The molecule has 0 amide bonds. The van der Waals surface area contributed by atoms with Gasteiger partial charge in [-0.25, -0.2) is 4.79 Å². The summed E-state index contributed by atoms with van der Waals surface area (Å²) in [4.78, 5) is 11.7. The standard InChI is InChI=1S/C15H19F3O3/c1-10-8-6-7-9-11(10)14(5,15(16,17)18)21-12(19)20-13(2,3)4/h6-9H,1-5H3. The molecule has 1 unspecified atom stereocenters. The molecule has 3 nitrogen and oxygen atoms in total. The number of alkyl halides is 3. The van der Waals surface area contributed by atoms with Crippen molar-refractivity contribution in [1.29, 1.82) is 0 Å². The molecular formula is C15H19F3O3. The lowest BCUT2D eigenvalue weighted by molar-refractivity contribution is -0.265. The van der Waals surface area contributed by atoms with Gasteiger partial charge in [-0.2, -0.15) is 13.2 Å². The largest absolute Gasteiger partial charge is 0.510 e. The molecular weight excluding hydrogens is 285 g/mol. The van der Waals surface area contributed by atoms with E-state index in [-0.39, 0.29) is 5.56 Å². The van der Waals surface area contributed by atoms with Gasteiger partial charge in [-0.3, -0.25) is 0 Å². The predicted molar refractivity (Wildman–Crippen MR) is 71.9 cm³/mol. The van der Waals surface area contributed by atoms with Crippen LogP contribution >= 0.6 is 0 Å². The number of carbonyl (C=O) groups excluding carboxylic acids is 1. The smallest absolute Gasteiger partial charge is 0.429 e. The summed E-state index contributed by atoms with van der Waals surface area (Å²) >= 11 is 0. The Hall–Kier alpha value is -1.72. The van der Waals surface area contributed by atoms with Crippen LogP contribution in [0.25, 0.3) is 0 Å². The zero-order chi connectivity index (χ0) is 16.5. The molecule has 0 aromatic heterocycles. The summed E-state index contributed by atoms with van der Waals surface area (Å²) in [5, 5.41) is 0. The van der Waals surface area contributed by atoms with Gasteiger partial charge in [-0.05, 0) is 40.2 Å². The number of rotatable bonds is 2. The molecule has 0 saturated heterocycles. The first-order valence-corrected chi connectivity index (χ1v) is 6.41. The first kappa shape index (κ1) is 17.3. The molecule has 1 aromatic carbocycles. The van der Waals surface area contributed by atoms with Crippen LogP contribution in [0.15, 0.2) is 24.3 Å². The highest BCUT2D eigenvalue weighted by Gasteiger charge is 2.57. The van der Waals surface area contributed by atoms with E-state index in [9.17, 15) is 18.0 Å². The Kier molecular flexibility index (Phi) is 4.60. The van der Waals surface area contributed by atoms with Crippen LogP contribution in [-0.2, 0) is 15.1 Å². The van der Waals surface area contributed by atoms with Gasteiger partial charge in [0.1, 0.15) is 5.60 Å². The van der Waals surface area contributed by atoms with Crippen molar-refractivity contribution >= 4 is 6.16 Å². The molecule has 21 heavy (non-hydrogen) atoms. The zero-order valence-corrected chi connectivity index (χ0v) is 12.7. The number of halogens is 3. The Morgan fingerprint density at radius 1 is 1.00 bits per heavy atom. The minimum atomic E-state index is -4.77. The summed E-state index contributed by atoms with van der Waals surface area (Å²) in [6.45, 7) is 6.99. The van der Waals surface area contributed by atoms with Crippen molar-refractivity contribution in [2.45, 2.75) is 52.0 Å². The molecule has 0 N–H and O–H groups in total. The summed E-state index contributed by atoms with van der Waals surface area (Å²) in [6.07, 6.45) is -6.12. The van der Waals surface area contributed by atoms with Crippen LogP contribution in [-0.4, -0.2) is 17.9 Å². The van der Waals surface area contributed by atoms with E-state index in [2.05, 4.69) is 4.74 Å². The molecule has 0 bridgehead atoms. The molecule has 1 rings (SSSR count). The normalized spacial score (nSPS) is 15.2. The molecule has 0 aliphatic rings. The Labute approximate surface area is 122 Å². The lowest BCUT2D eigenvalue weighted by atomic mass is 9.91. The minimum Gasteiger partial charge on any atom is -0.429 e. The maximum Gasteiger partial charge on any atom is 0.510 e. The van der Waals surface area contributed by atoms with Crippen molar-refractivity contribution in [1.82, 2.24) is 0 Å². The van der Waals surface area contributed by atoms with Crippen molar-refractivity contribution in [2.24, 2.45) is 0 Å². The van der Waals surface area contributed by atoms with E-state index in [0.717, 1.165) is 6.92 Å². The highest BCUT2D eigenvalue weighted by atomic mass is 19.4. The van der Waals surface area contributed by atoms with E-state index in [0.29, 0.717) is 5.56 Å². The first-order chi connectivity index (χ1) is 9.37. The molecule has 0 heterocycles. The molecule has 0 aliphatic carbocycles. The van der Waals surface area contributed by atoms with Gasteiger partial charge >= 0.3 is 12.3 Å². The Balaban J connectivity index is 3.19. The van der Waals surface area contributed by atoms with Crippen LogP contribution in [0.4, 0.5) is 18.0 Å². The average Bonchev–Trinajstić information content (AvgIpc) is 2.24. The van der Waals surface area contributed by atoms with Gasteiger partial charge < -0.3 is 9.47 Å². The third-order valence-electron chi connectivity index (χ3n) is 2.88. The van der Waals surface area contributed by atoms with Crippen molar-refractivity contribution in [3.05, 3.63) is 35.4 Å². The van der Waals surface area contributed by atoms with Crippen LogP contribution in [0.2, 0.25) is 0 Å². The van der Waals surface area contributed by atoms with Crippen LogP contribution in [0.5, 0.6) is 0 Å². The van der Waals surface area contributed by atoms with Gasteiger partial charge in [-0.15, -0.1) is 0 Å². The Morgan fingerprint density at radius 2 is 1.52 bits per heavy atom. The number of carbonyl (C=O) groups is 1. The van der Waals surface area contributed by atoms with E-state index in [1.54, 1.807) is 26.8 Å². The summed E-state index contributed by atoms with van der Waals surface area (Å²) < 4.78 is 49.8. The van der Waals surface area contributed by atoms with Crippen molar-refractivity contribution < 1.29 is 27.4 Å². The maximum atomic E-state index is 13.4. The molecule has 0 aliphatic heterocycles. The quantitative estimate of drug-likeness (QED) is 0.741. The van der Waals surface area contributed by atoms with Crippen molar-refractivity contribution in [2.75, 3.05) is 0 Å². The zero-order valence-electron chi connectivity index (χ0n) is 12.7. The second-order valence-corrected chi connectivity index (χ2v) is 5.91. The molecule has 6 heteroatoms. The molecule has 0 fully saturated rings. The van der Waals surface area contributed by atoms with Crippen LogP contribution < -0.4 is 0 Å². The van der Waals surface area contributed by atoms with E-state index < -0.39 is 23.5 Å². The molecule has 0 spiro atoms. The molecule has 1 atom stereocenters. The van der Waals surface area contributed by atoms with E-state index in [1.165, 1.54) is 25.1 Å². The maximum absolute atomic E-state index is 13.4. The summed E-state index contributed by atoms with van der Waals surface area (Å²) in [5.41, 5.74) is -3.44. The summed E-state index contributed by atoms with van der Waals surface area (Å²) in [5.74, 6) is 0. The van der Waals surface area contributed by atoms with Gasteiger partial charge in [0.15, 0.2) is 0 Å². The topological polar surface area (TPSA) is 35.5 Å². The number of benzene rings is 1. The SMILES string of the molecule is Cc1ccccc1C(C)(OC(=O)OC(C)(C)C)C(F)(F)F. The number of aryl methyl sites for hydroxylation is 1.